The molecule has 0 atom stereocenters. The molecular weight excluding hydrogens is 236 g/mol. The molecule has 0 aromatic heterocycles. The van der Waals surface area contributed by atoms with Gasteiger partial charge in [0.2, 0.25) is 0 Å². The first-order valence-electron chi connectivity index (χ1n) is 7.05. The van der Waals surface area contributed by atoms with E-state index in [0.717, 1.165) is 54.6 Å². The summed E-state index contributed by atoms with van der Waals surface area (Å²) in [6, 6.07) is 8.15. The number of unbranched alkanes of at least 4 members (excludes halogenated alkanes) is 2. The van der Waals surface area contributed by atoms with Crippen LogP contribution in [0.2, 0.25) is 0 Å². The number of hydrogen-bond donors (Lipinski definition) is 0. The first kappa shape index (κ1) is 12.2. The molecule has 0 bridgehead atoms. The molecule has 0 saturated carbocycles. The van der Waals surface area contributed by atoms with Crippen LogP contribution in [-0.4, -0.2) is 5.97 Å². The van der Waals surface area contributed by atoms with Crippen molar-refractivity contribution in [2.75, 3.05) is 0 Å². The second kappa shape index (κ2) is 5.04. The van der Waals surface area contributed by atoms with Gasteiger partial charge in [-0.1, -0.05) is 37.6 Å². The molecule has 2 aliphatic rings. The Morgan fingerprint density at radius 1 is 1.26 bits per heavy atom. The van der Waals surface area contributed by atoms with Gasteiger partial charge in [-0.15, -0.1) is 0 Å². The molecule has 1 aromatic rings. The summed E-state index contributed by atoms with van der Waals surface area (Å²) in [5.74, 6) is 0.632. The molecule has 19 heavy (non-hydrogen) atoms. The van der Waals surface area contributed by atoms with Gasteiger partial charge in [-0.3, -0.25) is 0 Å². The molecule has 1 aliphatic heterocycles. The Morgan fingerprint density at radius 3 is 2.95 bits per heavy atom. The predicted octanol–water partition coefficient (Wildman–Crippen LogP) is 4.02. The van der Waals surface area contributed by atoms with E-state index in [0.29, 0.717) is 0 Å². The van der Waals surface area contributed by atoms with Crippen molar-refractivity contribution in [3.63, 3.8) is 0 Å². The summed E-state index contributed by atoms with van der Waals surface area (Å²) >= 11 is 0. The predicted molar refractivity (Wildman–Crippen MR) is 75.4 cm³/mol. The fraction of sp³-hybridized carbons (Fsp3) is 0.353. The molecule has 1 aromatic carbocycles. The van der Waals surface area contributed by atoms with Crippen LogP contribution in [0.15, 0.2) is 41.7 Å². The third kappa shape index (κ3) is 2.12. The highest BCUT2D eigenvalue weighted by Gasteiger charge is 2.34. The van der Waals surface area contributed by atoms with Gasteiger partial charge in [0.15, 0.2) is 0 Å². The average Bonchev–Trinajstić information content (AvgIpc) is 2.76. The highest BCUT2D eigenvalue weighted by molar-refractivity contribution is 6.21. The van der Waals surface area contributed by atoms with Crippen molar-refractivity contribution in [3.8, 4) is 0 Å². The Morgan fingerprint density at radius 2 is 2.11 bits per heavy atom. The number of ether oxygens (including phenoxy) is 1. The van der Waals surface area contributed by atoms with Crippen LogP contribution in [0.5, 0.6) is 0 Å². The molecule has 2 heteroatoms. The maximum absolute atomic E-state index is 12.1. The normalized spacial score (nSPS) is 19.4. The Kier molecular flexibility index (Phi) is 3.24. The molecule has 98 valence electrons. The molecule has 0 amide bonds. The van der Waals surface area contributed by atoms with E-state index in [4.69, 9.17) is 4.74 Å². The van der Waals surface area contributed by atoms with Crippen molar-refractivity contribution in [2.45, 2.75) is 39.0 Å². The molecule has 0 fully saturated rings. The van der Waals surface area contributed by atoms with E-state index < -0.39 is 0 Å². The third-order valence-corrected chi connectivity index (χ3v) is 3.82. The molecular formula is C17H18O2. The number of fused-ring (bicyclic) bond motifs is 2. The van der Waals surface area contributed by atoms with Gasteiger partial charge >= 0.3 is 5.97 Å². The van der Waals surface area contributed by atoms with Crippen molar-refractivity contribution in [2.24, 2.45) is 0 Å². The zero-order chi connectivity index (χ0) is 13.2. The van der Waals surface area contributed by atoms with Crippen LogP contribution < -0.4 is 0 Å². The lowest BCUT2D eigenvalue weighted by Crippen LogP contribution is -2.05. The van der Waals surface area contributed by atoms with Gasteiger partial charge in [-0.05, 0) is 42.9 Å². The van der Waals surface area contributed by atoms with Gasteiger partial charge in [-0.25, -0.2) is 4.79 Å². The van der Waals surface area contributed by atoms with Gasteiger partial charge in [-0.2, -0.15) is 0 Å². The van der Waals surface area contributed by atoms with Crippen LogP contribution in [0.3, 0.4) is 0 Å². The van der Waals surface area contributed by atoms with E-state index in [9.17, 15) is 4.79 Å². The van der Waals surface area contributed by atoms with Crippen LogP contribution in [-0.2, 0) is 16.0 Å². The van der Waals surface area contributed by atoms with Gasteiger partial charge in [0.25, 0.3) is 0 Å². The van der Waals surface area contributed by atoms with Crippen molar-refractivity contribution in [1.82, 2.24) is 0 Å². The van der Waals surface area contributed by atoms with Crippen molar-refractivity contribution in [3.05, 3.63) is 52.8 Å². The topological polar surface area (TPSA) is 26.3 Å². The van der Waals surface area contributed by atoms with E-state index in [1.54, 1.807) is 0 Å². The number of aryl methyl sites for hydroxylation is 1. The number of allylic oxidation sites excluding steroid dienone is 2. The smallest absolute Gasteiger partial charge is 0.344 e. The average molecular weight is 254 g/mol. The van der Waals surface area contributed by atoms with Crippen LogP contribution >= 0.6 is 0 Å². The lowest BCUT2D eigenvalue weighted by Gasteiger charge is -2.15. The Bertz CT molecular complexity index is 579. The highest BCUT2D eigenvalue weighted by atomic mass is 16.5. The highest BCUT2D eigenvalue weighted by Crippen LogP contribution is 2.41. The summed E-state index contributed by atoms with van der Waals surface area (Å²) in [6.45, 7) is 2.17. The summed E-state index contributed by atoms with van der Waals surface area (Å²) in [5, 5.41) is 0. The molecule has 1 aliphatic carbocycles. The van der Waals surface area contributed by atoms with E-state index >= 15 is 0 Å². The van der Waals surface area contributed by atoms with Gasteiger partial charge in [0, 0.05) is 5.57 Å². The number of esters is 1. The maximum Gasteiger partial charge on any atom is 0.344 e. The van der Waals surface area contributed by atoms with E-state index in [-0.39, 0.29) is 5.97 Å². The molecule has 0 N–H and O–H groups in total. The quantitative estimate of drug-likeness (QED) is 0.601. The molecule has 2 nitrogen and oxygen atoms in total. The number of hydrogen-bond acceptors (Lipinski definition) is 2. The number of carbonyl (C=O) groups excluding carboxylic acids is 1. The summed E-state index contributed by atoms with van der Waals surface area (Å²) in [5.41, 5.74) is 4.23. The minimum atomic E-state index is -0.176. The van der Waals surface area contributed by atoms with Gasteiger partial charge in [0.1, 0.15) is 5.76 Å². The third-order valence-electron chi connectivity index (χ3n) is 3.82. The molecule has 0 unspecified atom stereocenters. The van der Waals surface area contributed by atoms with Crippen molar-refractivity contribution >= 4 is 11.5 Å². The van der Waals surface area contributed by atoms with Crippen LogP contribution in [0, 0.1) is 0 Å². The lowest BCUT2D eigenvalue weighted by atomic mass is 9.86. The molecule has 0 saturated heterocycles. The Labute approximate surface area is 113 Å². The van der Waals surface area contributed by atoms with Crippen LogP contribution in [0.1, 0.15) is 43.7 Å². The zero-order valence-electron chi connectivity index (χ0n) is 11.2. The summed E-state index contributed by atoms with van der Waals surface area (Å²) in [7, 11) is 0. The van der Waals surface area contributed by atoms with Crippen molar-refractivity contribution in [1.29, 1.82) is 0 Å². The standard InChI is InChI=1S/C17H18O2/c1-2-3-4-9-15-14-11-10-12-7-5-6-8-13(12)16(14)17(18)19-15/h5-9H,2-4,10-11H2,1H3/b15-9-. The molecule has 1 heterocycles. The van der Waals surface area contributed by atoms with E-state index in [1.165, 1.54) is 5.56 Å². The largest absolute Gasteiger partial charge is 0.423 e. The number of cyclic esters (lactones) is 1. The molecule has 0 radical (unpaired) electrons. The number of rotatable bonds is 3. The minimum Gasteiger partial charge on any atom is -0.423 e. The molecule has 0 spiro atoms. The Hall–Kier alpha value is -1.83. The summed E-state index contributed by atoms with van der Waals surface area (Å²) < 4.78 is 5.46. The fourth-order valence-corrected chi connectivity index (χ4v) is 2.82. The Balaban J connectivity index is 1.99. The number of benzene rings is 1. The van der Waals surface area contributed by atoms with Crippen LogP contribution in [0.4, 0.5) is 0 Å². The monoisotopic (exact) mass is 254 g/mol. The van der Waals surface area contributed by atoms with E-state index in [1.807, 2.05) is 18.2 Å². The second-order valence-corrected chi connectivity index (χ2v) is 5.11. The number of carbonyl (C=O) groups is 1. The van der Waals surface area contributed by atoms with Crippen molar-refractivity contribution < 1.29 is 9.53 Å². The second-order valence-electron chi connectivity index (χ2n) is 5.11. The SMILES string of the molecule is CCCC/C=C1\OC(=O)C2=C1CCc1ccccc12. The summed E-state index contributed by atoms with van der Waals surface area (Å²) in [6.07, 6.45) is 7.27. The first-order chi connectivity index (χ1) is 9.31. The maximum atomic E-state index is 12.1. The van der Waals surface area contributed by atoms with Gasteiger partial charge in [0.05, 0.1) is 5.57 Å². The summed E-state index contributed by atoms with van der Waals surface area (Å²) in [4.78, 5) is 12.1. The van der Waals surface area contributed by atoms with E-state index in [2.05, 4.69) is 19.1 Å². The zero-order valence-corrected chi connectivity index (χ0v) is 11.2. The lowest BCUT2D eigenvalue weighted by molar-refractivity contribution is -0.131. The first-order valence-corrected chi connectivity index (χ1v) is 7.05. The van der Waals surface area contributed by atoms with Crippen LogP contribution in [0.25, 0.3) is 5.57 Å². The fourth-order valence-electron chi connectivity index (χ4n) is 2.82. The minimum absolute atomic E-state index is 0.176. The molecule has 3 rings (SSSR count). The van der Waals surface area contributed by atoms with Gasteiger partial charge < -0.3 is 4.74 Å².